The standard InChI is InChI=1S/C10H10BrF2NO2/c11-7-3-1-6(2-4-7)10(16)14-5-8(15)9(12)13/h1-4,8-9,15H,5H2,(H,14,16). The Balaban J connectivity index is 2.50. The van der Waals surface area contributed by atoms with E-state index in [0.29, 0.717) is 5.56 Å². The van der Waals surface area contributed by atoms with E-state index in [2.05, 4.69) is 21.2 Å². The fourth-order valence-electron chi connectivity index (χ4n) is 0.990. The number of aliphatic hydroxyl groups is 1. The van der Waals surface area contributed by atoms with Crippen molar-refractivity contribution in [2.45, 2.75) is 12.5 Å². The maximum Gasteiger partial charge on any atom is 0.265 e. The van der Waals surface area contributed by atoms with E-state index >= 15 is 0 Å². The van der Waals surface area contributed by atoms with Crippen molar-refractivity contribution in [3.63, 3.8) is 0 Å². The molecule has 1 amide bonds. The van der Waals surface area contributed by atoms with Gasteiger partial charge in [0.2, 0.25) is 0 Å². The van der Waals surface area contributed by atoms with Crippen LogP contribution in [-0.2, 0) is 0 Å². The Morgan fingerprint density at radius 2 is 1.94 bits per heavy atom. The largest absolute Gasteiger partial charge is 0.385 e. The van der Waals surface area contributed by atoms with E-state index in [1.807, 2.05) is 0 Å². The Morgan fingerprint density at radius 3 is 2.44 bits per heavy atom. The molecule has 0 fully saturated rings. The van der Waals surface area contributed by atoms with E-state index in [9.17, 15) is 13.6 Å². The summed E-state index contributed by atoms with van der Waals surface area (Å²) < 4.78 is 24.7. The van der Waals surface area contributed by atoms with Crippen molar-refractivity contribution in [3.05, 3.63) is 34.3 Å². The SMILES string of the molecule is O=C(NCC(O)C(F)F)c1ccc(Br)cc1. The molecule has 0 spiro atoms. The Bertz CT molecular complexity index is 356. The Kier molecular flexibility index (Phi) is 4.82. The molecular formula is C10H10BrF2NO2. The highest BCUT2D eigenvalue weighted by Gasteiger charge is 2.17. The molecule has 3 nitrogen and oxygen atoms in total. The van der Waals surface area contributed by atoms with Gasteiger partial charge in [0.1, 0.15) is 6.10 Å². The number of carbonyl (C=O) groups is 1. The average molecular weight is 294 g/mol. The van der Waals surface area contributed by atoms with Crippen molar-refractivity contribution in [2.24, 2.45) is 0 Å². The summed E-state index contributed by atoms with van der Waals surface area (Å²) in [7, 11) is 0. The van der Waals surface area contributed by atoms with E-state index in [-0.39, 0.29) is 0 Å². The predicted molar refractivity (Wildman–Crippen MR) is 58.5 cm³/mol. The molecule has 2 N–H and O–H groups in total. The Hall–Kier alpha value is -1.01. The van der Waals surface area contributed by atoms with E-state index in [1.54, 1.807) is 24.3 Å². The van der Waals surface area contributed by atoms with Gasteiger partial charge in [-0.25, -0.2) is 8.78 Å². The monoisotopic (exact) mass is 293 g/mol. The number of benzene rings is 1. The molecule has 0 bridgehead atoms. The highest BCUT2D eigenvalue weighted by atomic mass is 79.9. The lowest BCUT2D eigenvalue weighted by Gasteiger charge is -2.10. The van der Waals surface area contributed by atoms with Gasteiger partial charge < -0.3 is 10.4 Å². The number of alkyl halides is 2. The van der Waals surface area contributed by atoms with Crippen molar-refractivity contribution >= 4 is 21.8 Å². The molecule has 0 heterocycles. The van der Waals surface area contributed by atoms with Crippen LogP contribution in [0, 0.1) is 0 Å². The zero-order valence-electron chi connectivity index (χ0n) is 8.16. The normalized spacial score (nSPS) is 12.6. The fourth-order valence-corrected chi connectivity index (χ4v) is 1.25. The number of halogens is 3. The van der Waals surface area contributed by atoms with Gasteiger partial charge in [-0.15, -0.1) is 0 Å². The summed E-state index contributed by atoms with van der Waals surface area (Å²) >= 11 is 3.20. The average Bonchev–Trinajstić information content (AvgIpc) is 2.26. The number of hydrogen-bond acceptors (Lipinski definition) is 2. The van der Waals surface area contributed by atoms with E-state index in [1.165, 1.54) is 0 Å². The van der Waals surface area contributed by atoms with Crippen LogP contribution in [-0.4, -0.2) is 30.1 Å². The summed E-state index contributed by atoms with van der Waals surface area (Å²) in [4.78, 5) is 11.4. The van der Waals surface area contributed by atoms with E-state index < -0.39 is 25.0 Å². The molecule has 0 saturated heterocycles. The fraction of sp³-hybridized carbons (Fsp3) is 0.300. The highest BCUT2D eigenvalue weighted by molar-refractivity contribution is 9.10. The second-order valence-corrected chi connectivity index (χ2v) is 4.03. The van der Waals surface area contributed by atoms with Crippen LogP contribution in [0.15, 0.2) is 28.7 Å². The lowest BCUT2D eigenvalue weighted by atomic mass is 10.2. The molecule has 88 valence electrons. The van der Waals surface area contributed by atoms with Crippen molar-refractivity contribution < 1.29 is 18.7 Å². The third kappa shape index (κ3) is 3.86. The Morgan fingerprint density at radius 1 is 1.38 bits per heavy atom. The van der Waals surface area contributed by atoms with Crippen LogP contribution in [0.3, 0.4) is 0 Å². The van der Waals surface area contributed by atoms with Gasteiger partial charge in [-0.05, 0) is 24.3 Å². The molecule has 1 aromatic carbocycles. The quantitative estimate of drug-likeness (QED) is 0.889. The summed E-state index contributed by atoms with van der Waals surface area (Å²) in [5, 5.41) is 11.0. The first-order valence-electron chi connectivity index (χ1n) is 4.50. The summed E-state index contributed by atoms with van der Waals surface area (Å²) in [5.74, 6) is -0.493. The van der Waals surface area contributed by atoms with Gasteiger partial charge in [0.25, 0.3) is 12.3 Å². The maximum atomic E-state index is 11.9. The number of amides is 1. The number of aliphatic hydroxyl groups excluding tert-OH is 1. The van der Waals surface area contributed by atoms with Gasteiger partial charge in [0, 0.05) is 16.6 Å². The van der Waals surface area contributed by atoms with E-state index in [0.717, 1.165) is 4.47 Å². The van der Waals surface area contributed by atoms with Crippen LogP contribution in [0.4, 0.5) is 8.78 Å². The molecule has 1 rings (SSSR count). The zero-order valence-corrected chi connectivity index (χ0v) is 9.75. The minimum absolute atomic E-state index is 0.352. The highest BCUT2D eigenvalue weighted by Crippen LogP contribution is 2.10. The van der Waals surface area contributed by atoms with Crippen LogP contribution in [0.1, 0.15) is 10.4 Å². The summed E-state index contributed by atoms with van der Waals surface area (Å²) in [6, 6.07) is 6.43. The molecule has 1 aromatic rings. The molecular weight excluding hydrogens is 284 g/mol. The molecule has 0 aliphatic heterocycles. The van der Waals surface area contributed by atoms with E-state index in [4.69, 9.17) is 5.11 Å². The maximum absolute atomic E-state index is 11.9. The number of carbonyl (C=O) groups excluding carboxylic acids is 1. The zero-order chi connectivity index (χ0) is 12.1. The van der Waals surface area contributed by atoms with Crippen LogP contribution in [0.25, 0.3) is 0 Å². The molecule has 6 heteroatoms. The van der Waals surface area contributed by atoms with Gasteiger partial charge in [-0.3, -0.25) is 4.79 Å². The lowest BCUT2D eigenvalue weighted by molar-refractivity contribution is -0.00270. The molecule has 0 aromatic heterocycles. The molecule has 0 aliphatic carbocycles. The van der Waals surface area contributed by atoms with Gasteiger partial charge in [-0.2, -0.15) is 0 Å². The van der Waals surface area contributed by atoms with Crippen molar-refractivity contribution in [3.8, 4) is 0 Å². The number of rotatable bonds is 4. The first-order valence-corrected chi connectivity index (χ1v) is 5.30. The first kappa shape index (κ1) is 13.1. The molecule has 1 atom stereocenters. The van der Waals surface area contributed by atoms with Gasteiger partial charge in [0.15, 0.2) is 0 Å². The topological polar surface area (TPSA) is 49.3 Å². The summed E-state index contributed by atoms with van der Waals surface area (Å²) in [5.41, 5.74) is 0.352. The van der Waals surface area contributed by atoms with Crippen molar-refractivity contribution in [2.75, 3.05) is 6.54 Å². The lowest BCUT2D eigenvalue weighted by Crippen LogP contribution is -2.35. The van der Waals surface area contributed by atoms with Crippen molar-refractivity contribution in [1.82, 2.24) is 5.32 Å². The Labute approximate surface area is 99.6 Å². The van der Waals surface area contributed by atoms with Gasteiger partial charge in [0.05, 0.1) is 0 Å². The molecule has 1 unspecified atom stereocenters. The molecule has 0 aliphatic rings. The summed E-state index contributed by atoms with van der Waals surface area (Å²) in [6.07, 6.45) is -4.69. The molecule has 16 heavy (non-hydrogen) atoms. The smallest absolute Gasteiger partial charge is 0.265 e. The predicted octanol–water partition coefficient (Wildman–Crippen LogP) is 1.80. The summed E-state index contributed by atoms with van der Waals surface area (Å²) in [6.45, 7) is -0.466. The van der Waals surface area contributed by atoms with Gasteiger partial charge >= 0.3 is 0 Å². The molecule has 0 radical (unpaired) electrons. The third-order valence-electron chi connectivity index (χ3n) is 1.87. The van der Waals surface area contributed by atoms with Crippen LogP contribution in [0.2, 0.25) is 0 Å². The second kappa shape index (κ2) is 5.91. The van der Waals surface area contributed by atoms with Gasteiger partial charge in [-0.1, -0.05) is 15.9 Å². The second-order valence-electron chi connectivity index (χ2n) is 3.12. The van der Waals surface area contributed by atoms with Crippen molar-refractivity contribution in [1.29, 1.82) is 0 Å². The van der Waals surface area contributed by atoms with Crippen LogP contribution < -0.4 is 5.32 Å². The minimum atomic E-state index is -2.86. The molecule has 0 saturated carbocycles. The van der Waals surface area contributed by atoms with Crippen LogP contribution in [0.5, 0.6) is 0 Å². The number of nitrogens with one attached hydrogen (secondary N) is 1. The third-order valence-corrected chi connectivity index (χ3v) is 2.40. The minimum Gasteiger partial charge on any atom is -0.385 e. The van der Waals surface area contributed by atoms with Crippen LogP contribution >= 0.6 is 15.9 Å². The first-order chi connectivity index (χ1) is 7.50. The number of hydrogen-bond donors (Lipinski definition) is 2.